The van der Waals surface area contributed by atoms with Crippen LogP contribution in [0.3, 0.4) is 0 Å². The Kier molecular flexibility index (Phi) is 2.72. The highest BCUT2D eigenvalue weighted by atomic mass is 19.1. The molecule has 0 spiro atoms. The van der Waals surface area contributed by atoms with Crippen molar-refractivity contribution >= 4 is 17.5 Å². The lowest BCUT2D eigenvalue weighted by molar-refractivity contribution is -0.118. The van der Waals surface area contributed by atoms with Crippen LogP contribution in [0.1, 0.15) is 18.4 Å². The molecule has 1 saturated carbocycles. The van der Waals surface area contributed by atoms with Crippen LogP contribution in [0.2, 0.25) is 0 Å². The second kappa shape index (κ2) is 4.62. The summed E-state index contributed by atoms with van der Waals surface area (Å²) in [5, 5.41) is 10.9. The third-order valence-electron chi connectivity index (χ3n) is 4.12. The van der Waals surface area contributed by atoms with E-state index in [0.717, 1.165) is 18.4 Å². The minimum absolute atomic E-state index is 0.128. The first-order valence-electron chi connectivity index (χ1n) is 7.06. The van der Waals surface area contributed by atoms with Gasteiger partial charge in [0.1, 0.15) is 5.82 Å². The fraction of sp³-hybridized carbons (Fsp3) is 0.188. The molecule has 1 amide bonds. The van der Waals surface area contributed by atoms with Crippen molar-refractivity contribution in [2.24, 2.45) is 0 Å². The third-order valence-corrected chi connectivity index (χ3v) is 4.12. The molecule has 5 nitrogen and oxygen atoms in total. The molecule has 0 atom stereocenters. The number of amides is 1. The van der Waals surface area contributed by atoms with Gasteiger partial charge in [-0.15, -0.1) is 10.2 Å². The van der Waals surface area contributed by atoms with Gasteiger partial charge in [0.25, 0.3) is 0 Å². The van der Waals surface area contributed by atoms with E-state index in [2.05, 4.69) is 15.5 Å². The van der Waals surface area contributed by atoms with E-state index in [0.29, 0.717) is 11.6 Å². The molecule has 4 rings (SSSR count). The molecule has 6 heteroatoms. The van der Waals surface area contributed by atoms with Crippen LogP contribution in [0, 0.1) is 5.82 Å². The minimum Gasteiger partial charge on any atom is -0.294 e. The molecule has 0 aliphatic heterocycles. The van der Waals surface area contributed by atoms with Crippen molar-refractivity contribution in [3.8, 4) is 0 Å². The highest BCUT2D eigenvalue weighted by molar-refractivity contribution is 6.00. The van der Waals surface area contributed by atoms with Gasteiger partial charge in [-0.3, -0.25) is 14.5 Å². The number of hydrogen-bond donors (Lipinski definition) is 1. The summed E-state index contributed by atoms with van der Waals surface area (Å²) in [6, 6.07) is 11.6. The Balaban J connectivity index is 1.63. The standard InChI is InChI=1S/C16H13FN4O/c17-12-6-4-11(5-7-12)16(8-9-16)14(22)18-15-20-19-13-3-1-2-10-21(13)15/h1-7,10H,8-9H2,(H,18,20,22). The third kappa shape index (κ3) is 1.95. The quantitative estimate of drug-likeness (QED) is 0.808. The van der Waals surface area contributed by atoms with Crippen LogP contribution in [-0.4, -0.2) is 20.5 Å². The number of nitrogens with zero attached hydrogens (tertiary/aromatic N) is 3. The Labute approximate surface area is 125 Å². The van der Waals surface area contributed by atoms with Crippen molar-refractivity contribution in [1.82, 2.24) is 14.6 Å². The van der Waals surface area contributed by atoms with E-state index in [1.54, 1.807) is 22.7 Å². The van der Waals surface area contributed by atoms with Gasteiger partial charge in [0, 0.05) is 6.20 Å². The molecule has 1 aliphatic carbocycles. The van der Waals surface area contributed by atoms with E-state index in [1.807, 2.05) is 18.2 Å². The first-order chi connectivity index (χ1) is 10.7. The van der Waals surface area contributed by atoms with Crippen LogP contribution >= 0.6 is 0 Å². The van der Waals surface area contributed by atoms with Crippen molar-refractivity contribution in [2.75, 3.05) is 5.32 Å². The molecule has 1 N–H and O–H groups in total. The highest BCUT2D eigenvalue weighted by Gasteiger charge is 2.51. The summed E-state index contributed by atoms with van der Waals surface area (Å²) in [7, 11) is 0. The van der Waals surface area contributed by atoms with Gasteiger partial charge in [0.05, 0.1) is 5.41 Å². The molecule has 1 aromatic carbocycles. The Morgan fingerprint density at radius 3 is 2.64 bits per heavy atom. The first kappa shape index (κ1) is 12.9. The average molecular weight is 296 g/mol. The summed E-state index contributed by atoms with van der Waals surface area (Å²) in [6.45, 7) is 0. The smallest absolute Gasteiger partial charge is 0.237 e. The number of halogens is 1. The average Bonchev–Trinajstić information content (AvgIpc) is 3.26. The molecule has 0 unspecified atom stereocenters. The monoisotopic (exact) mass is 296 g/mol. The van der Waals surface area contributed by atoms with E-state index in [4.69, 9.17) is 0 Å². The lowest BCUT2D eigenvalue weighted by atomic mass is 9.95. The summed E-state index contributed by atoms with van der Waals surface area (Å²) in [5.74, 6) is -0.0327. The maximum Gasteiger partial charge on any atom is 0.237 e. The van der Waals surface area contributed by atoms with Crippen LogP contribution < -0.4 is 5.32 Å². The molecular formula is C16H13FN4O. The van der Waals surface area contributed by atoms with Crippen LogP contribution in [-0.2, 0) is 10.2 Å². The molecule has 0 bridgehead atoms. The van der Waals surface area contributed by atoms with Gasteiger partial charge in [-0.2, -0.15) is 0 Å². The Morgan fingerprint density at radius 2 is 1.91 bits per heavy atom. The lowest BCUT2D eigenvalue weighted by Crippen LogP contribution is -2.28. The minimum atomic E-state index is -0.575. The number of pyridine rings is 1. The van der Waals surface area contributed by atoms with Gasteiger partial charge < -0.3 is 0 Å². The Morgan fingerprint density at radius 1 is 1.14 bits per heavy atom. The van der Waals surface area contributed by atoms with Crippen molar-refractivity contribution in [3.63, 3.8) is 0 Å². The molecule has 1 aliphatic rings. The molecule has 2 aromatic heterocycles. The molecular weight excluding hydrogens is 283 g/mol. The maximum absolute atomic E-state index is 13.1. The molecule has 0 radical (unpaired) electrons. The normalized spacial score (nSPS) is 15.7. The zero-order valence-corrected chi connectivity index (χ0v) is 11.7. The van der Waals surface area contributed by atoms with Crippen LogP contribution in [0.4, 0.5) is 10.3 Å². The summed E-state index contributed by atoms with van der Waals surface area (Å²) >= 11 is 0. The maximum atomic E-state index is 13.1. The van der Waals surface area contributed by atoms with Crippen molar-refractivity contribution in [3.05, 3.63) is 60.0 Å². The van der Waals surface area contributed by atoms with Crippen LogP contribution in [0.25, 0.3) is 5.65 Å². The number of fused-ring (bicyclic) bond motifs is 1. The molecule has 3 aromatic rings. The van der Waals surface area contributed by atoms with Gasteiger partial charge in [-0.05, 0) is 42.7 Å². The summed E-state index contributed by atoms with van der Waals surface area (Å²) < 4.78 is 14.8. The molecule has 0 saturated heterocycles. The van der Waals surface area contributed by atoms with E-state index >= 15 is 0 Å². The van der Waals surface area contributed by atoms with E-state index in [-0.39, 0.29) is 11.7 Å². The van der Waals surface area contributed by atoms with Gasteiger partial charge in [-0.1, -0.05) is 18.2 Å². The first-order valence-corrected chi connectivity index (χ1v) is 7.06. The largest absolute Gasteiger partial charge is 0.294 e. The number of rotatable bonds is 3. The van der Waals surface area contributed by atoms with E-state index in [9.17, 15) is 9.18 Å². The number of hydrogen-bond acceptors (Lipinski definition) is 3. The second-order valence-electron chi connectivity index (χ2n) is 5.50. The number of carbonyl (C=O) groups excluding carboxylic acids is 1. The summed E-state index contributed by atoms with van der Waals surface area (Å²) in [5.41, 5.74) is 0.929. The topological polar surface area (TPSA) is 59.3 Å². The van der Waals surface area contributed by atoms with Crippen LogP contribution in [0.15, 0.2) is 48.7 Å². The summed E-state index contributed by atoms with van der Waals surface area (Å²) in [4.78, 5) is 12.6. The highest BCUT2D eigenvalue weighted by Crippen LogP contribution is 2.48. The summed E-state index contributed by atoms with van der Waals surface area (Å²) in [6.07, 6.45) is 3.30. The van der Waals surface area contributed by atoms with Gasteiger partial charge >= 0.3 is 0 Å². The van der Waals surface area contributed by atoms with Crippen molar-refractivity contribution < 1.29 is 9.18 Å². The number of benzene rings is 1. The number of nitrogens with one attached hydrogen (secondary N) is 1. The van der Waals surface area contributed by atoms with Crippen molar-refractivity contribution in [1.29, 1.82) is 0 Å². The molecule has 22 heavy (non-hydrogen) atoms. The number of anilines is 1. The Hall–Kier alpha value is -2.76. The van der Waals surface area contributed by atoms with E-state index < -0.39 is 5.41 Å². The predicted molar refractivity (Wildman–Crippen MR) is 78.9 cm³/mol. The SMILES string of the molecule is O=C(Nc1nnc2ccccn12)C1(c2ccc(F)cc2)CC1. The van der Waals surface area contributed by atoms with Crippen LogP contribution in [0.5, 0.6) is 0 Å². The fourth-order valence-electron chi connectivity index (χ4n) is 2.69. The fourth-order valence-corrected chi connectivity index (χ4v) is 2.69. The molecule has 1 fully saturated rings. The number of carbonyl (C=O) groups is 1. The lowest BCUT2D eigenvalue weighted by Gasteiger charge is -2.14. The molecule has 2 heterocycles. The zero-order valence-electron chi connectivity index (χ0n) is 11.7. The van der Waals surface area contributed by atoms with Gasteiger partial charge in [-0.25, -0.2) is 4.39 Å². The van der Waals surface area contributed by atoms with Gasteiger partial charge in [0.2, 0.25) is 11.9 Å². The zero-order chi connectivity index (χ0) is 15.2. The predicted octanol–water partition coefficient (Wildman–Crippen LogP) is 2.54. The number of aromatic nitrogens is 3. The second-order valence-corrected chi connectivity index (χ2v) is 5.50. The van der Waals surface area contributed by atoms with Crippen molar-refractivity contribution in [2.45, 2.75) is 18.3 Å². The Bertz CT molecular complexity index is 852. The molecule has 110 valence electrons. The van der Waals surface area contributed by atoms with E-state index in [1.165, 1.54) is 12.1 Å². The van der Waals surface area contributed by atoms with Gasteiger partial charge in [0.15, 0.2) is 5.65 Å².